The third kappa shape index (κ3) is 4.09. The zero-order valence-electron chi connectivity index (χ0n) is 16.4. The monoisotopic (exact) mass is 367 g/mol. The Morgan fingerprint density at radius 3 is 2.56 bits per heavy atom. The molecular formula is C22H29N3O2. The molecule has 0 spiro atoms. The topological polar surface area (TPSA) is 39.9 Å². The Balaban J connectivity index is 1.32. The Hall–Kier alpha value is -2.11. The van der Waals surface area contributed by atoms with Gasteiger partial charge in [0.15, 0.2) is 5.76 Å². The van der Waals surface area contributed by atoms with Crippen LogP contribution in [-0.4, -0.2) is 66.9 Å². The molecule has 1 aromatic carbocycles. The summed E-state index contributed by atoms with van der Waals surface area (Å²) in [7, 11) is 3.99. The Morgan fingerprint density at radius 2 is 1.81 bits per heavy atom. The molecular weight excluding hydrogens is 338 g/mol. The standard InChI is InChI=1S/C22H29N3O2/c1-23(2)16-20-9-10-21(27-20)22(26)25-13-11-24(12-14-25)19-8-7-17-5-3-4-6-18(17)15-19/h3-6,9-10,19H,7-8,11-16H2,1-2H3/t19-/m0/s1. The highest BCUT2D eigenvalue weighted by molar-refractivity contribution is 5.91. The van der Waals surface area contributed by atoms with E-state index in [0.717, 1.165) is 38.4 Å². The minimum Gasteiger partial charge on any atom is -0.455 e. The highest BCUT2D eigenvalue weighted by Gasteiger charge is 2.29. The molecule has 1 fully saturated rings. The fraction of sp³-hybridized carbons (Fsp3) is 0.500. The Morgan fingerprint density at radius 1 is 1.07 bits per heavy atom. The summed E-state index contributed by atoms with van der Waals surface area (Å²) in [6.07, 6.45) is 3.52. The Kier molecular flexibility index (Phi) is 5.32. The van der Waals surface area contributed by atoms with Crippen LogP contribution < -0.4 is 0 Å². The SMILES string of the molecule is CN(C)Cc1ccc(C(=O)N2CCN([C@H]3CCc4ccccc4C3)CC2)o1. The van der Waals surface area contributed by atoms with Gasteiger partial charge >= 0.3 is 0 Å². The zero-order chi connectivity index (χ0) is 18.8. The van der Waals surface area contributed by atoms with Crippen molar-refractivity contribution in [2.45, 2.75) is 31.8 Å². The molecule has 1 saturated heterocycles. The predicted molar refractivity (Wildman–Crippen MR) is 106 cm³/mol. The van der Waals surface area contributed by atoms with E-state index in [2.05, 4.69) is 29.2 Å². The van der Waals surface area contributed by atoms with Crippen molar-refractivity contribution in [3.8, 4) is 0 Å². The summed E-state index contributed by atoms with van der Waals surface area (Å²) in [6.45, 7) is 4.17. The van der Waals surface area contributed by atoms with Crippen LogP contribution in [0.25, 0.3) is 0 Å². The van der Waals surface area contributed by atoms with Gasteiger partial charge in [-0.25, -0.2) is 0 Å². The number of aryl methyl sites for hydroxylation is 1. The number of fused-ring (bicyclic) bond motifs is 1. The molecule has 2 aromatic rings. The molecule has 1 aromatic heterocycles. The average Bonchev–Trinajstić information content (AvgIpc) is 3.15. The maximum atomic E-state index is 12.7. The zero-order valence-corrected chi connectivity index (χ0v) is 16.4. The van der Waals surface area contributed by atoms with Crippen molar-refractivity contribution in [1.29, 1.82) is 0 Å². The third-order valence-electron chi connectivity index (χ3n) is 5.78. The fourth-order valence-corrected chi connectivity index (χ4v) is 4.33. The van der Waals surface area contributed by atoms with Gasteiger partial charge in [-0.15, -0.1) is 0 Å². The van der Waals surface area contributed by atoms with Crippen LogP contribution in [0.15, 0.2) is 40.8 Å². The molecule has 5 heteroatoms. The van der Waals surface area contributed by atoms with E-state index in [0.29, 0.717) is 18.3 Å². The first-order valence-corrected chi connectivity index (χ1v) is 9.93. The van der Waals surface area contributed by atoms with Gasteiger partial charge < -0.3 is 14.2 Å². The first-order valence-electron chi connectivity index (χ1n) is 9.93. The van der Waals surface area contributed by atoms with E-state index < -0.39 is 0 Å². The van der Waals surface area contributed by atoms with Gasteiger partial charge in [-0.1, -0.05) is 24.3 Å². The number of carbonyl (C=O) groups is 1. The van der Waals surface area contributed by atoms with Crippen LogP contribution in [0.3, 0.4) is 0 Å². The molecule has 5 nitrogen and oxygen atoms in total. The lowest BCUT2D eigenvalue weighted by Gasteiger charge is -2.40. The van der Waals surface area contributed by atoms with E-state index in [4.69, 9.17) is 4.42 Å². The van der Waals surface area contributed by atoms with Crippen LogP contribution in [0.5, 0.6) is 0 Å². The number of hydrogen-bond donors (Lipinski definition) is 0. The quantitative estimate of drug-likeness (QED) is 0.833. The number of carbonyl (C=O) groups excluding carboxylic acids is 1. The molecule has 0 radical (unpaired) electrons. The lowest BCUT2D eigenvalue weighted by Crippen LogP contribution is -2.53. The molecule has 2 heterocycles. The van der Waals surface area contributed by atoms with Crippen molar-refractivity contribution in [3.05, 3.63) is 59.0 Å². The number of amides is 1. The molecule has 1 aliphatic heterocycles. The van der Waals surface area contributed by atoms with Crippen molar-refractivity contribution >= 4 is 5.91 Å². The first kappa shape index (κ1) is 18.3. The second kappa shape index (κ2) is 7.87. The maximum absolute atomic E-state index is 12.7. The molecule has 0 unspecified atom stereocenters. The van der Waals surface area contributed by atoms with E-state index in [1.165, 1.54) is 24.0 Å². The van der Waals surface area contributed by atoms with Crippen LogP contribution in [0.2, 0.25) is 0 Å². The summed E-state index contributed by atoms with van der Waals surface area (Å²) in [6, 6.07) is 13.1. The lowest BCUT2D eigenvalue weighted by atomic mass is 9.87. The van der Waals surface area contributed by atoms with E-state index in [-0.39, 0.29) is 5.91 Å². The molecule has 0 saturated carbocycles. The molecule has 1 aliphatic carbocycles. The fourth-order valence-electron chi connectivity index (χ4n) is 4.33. The summed E-state index contributed by atoms with van der Waals surface area (Å²) in [4.78, 5) is 19.3. The third-order valence-corrected chi connectivity index (χ3v) is 5.78. The van der Waals surface area contributed by atoms with Crippen molar-refractivity contribution in [3.63, 3.8) is 0 Å². The van der Waals surface area contributed by atoms with E-state index >= 15 is 0 Å². The summed E-state index contributed by atoms with van der Waals surface area (Å²) in [5, 5.41) is 0. The molecule has 4 rings (SSSR count). The first-order chi connectivity index (χ1) is 13.1. The number of benzene rings is 1. The van der Waals surface area contributed by atoms with Crippen LogP contribution in [0.1, 0.15) is 33.9 Å². The largest absolute Gasteiger partial charge is 0.455 e. The molecule has 1 atom stereocenters. The maximum Gasteiger partial charge on any atom is 0.289 e. The summed E-state index contributed by atoms with van der Waals surface area (Å²) >= 11 is 0. The van der Waals surface area contributed by atoms with Gasteiger partial charge in [-0.05, 0) is 56.6 Å². The van der Waals surface area contributed by atoms with E-state index in [1.807, 2.05) is 36.0 Å². The molecule has 27 heavy (non-hydrogen) atoms. The second-order valence-corrected chi connectivity index (χ2v) is 8.00. The lowest BCUT2D eigenvalue weighted by molar-refractivity contribution is 0.0523. The minimum atomic E-state index is 0.0219. The molecule has 144 valence electrons. The van der Waals surface area contributed by atoms with E-state index in [9.17, 15) is 4.79 Å². The molecule has 0 N–H and O–H groups in total. The smallest absolute Gasteiger partial charge is 0.289 e. The molecule has 1 amide bonds. The minimum absolute atomic E-state index is 0.0219. The van der Waals surface area contributed by atoms with Crippen molar-refractivity contribution in [2.24, 2.45) is 0 Å². The van der Waals surface area contributed by atoms with Crippen LogP contribution >= 0.6 is 0 Å². The number of hydrogen-bond acceptors (Lipinski definition) is 4. The van der Waals surface area contributed by atoms with Crippen molar-refractivity contribution < 1.29 is 9.21 Å². The summed E-state index contributed by atoms with van der Waals surface area (Å²) in [5.74, 6) is 1.32. The predicted octanol–water partition coefficient (Wildman–Crippen LogP) is 2.66. The number of furan rings is 1. The molecule has 0 bridgehead atoms. The van der Waals surface area contributed by atoms with Gasteiger partial charge in [-0.3, -0.25) is 9.69 Å². The van der Waals surface area contributed by atoms with Crippen molar-refractivity contribution in [1.82, 2.24) is 14.7 Å². The highest BCUT2D eigenvalue weighted by atomic mass is 16.4. The highest BCUT2D eigenvalue weighted by Crippen LogP contribution is 2.25. The van der Waals surface area contributed by atoms with Gasteiger partial charge in [0.05, 0.1) is 6.54 Å². The number of nitrogens with zero attached hydrogens (tertiary/aromatic N) is 3. The summed E-state index contributed by atoms with van der Waals surface area (Å²) in [5.41, 5.74) is 3.00. The van der Waals surface area contributed by atoms with Crippen LogP contribution in [0, 0.1) is 0 Å². The summed E-state index contributed by atoms with van der Waals surface area (Å²) < 4.78 is 5.75. The normalized spacial score (nSPS) is 20.7. The van der Waals surface area contributed by atoms with Crippen LogP contribution in [0.4, 0.5) is 0 Å². The van der Waals surface area contributed by atoms with Gasteiger partial charge in [0.25, 0.3) is 5.91 Å². The van der Waals surface area contributed by atoms with Crippen LogP contribution in [-0.2, 0) is 19.4 Å². The number of rotatable bonds is 4. The van der Waals surface area contributed by atoms with Gasteiger partial charge in [-0.2, -0.15) is 0 Å². The van der Waals surface area contributed by atoms with E-state index in [1.54, 1.807) is 0 Å². The van der Waals surface area contributed by atoms with Gasteiger partial charge in [0, 0.05) is 32.2 Å². The second-order valence-electron chi connectivity index (χ2n) is 8.00. The average molecular weight is 367 g/mol. The Labute approximate surface area is 161 Å². The molecule has 2 aliphatic rings. The van der Waals surface area contributed by atoms with Gasteiger partial charge in [0.1, 0.15) is 5.76 Å². The van der Waals surface area contributed by atoms with Crippen molar-refractivity contribution in [2.75, 3.05) is 40.3 Å². The van der Waals surface area contributed by atoms with Gasteiger partial charge in [0.2, 0.25) is 0 Å². The Bertz CT molecular complexity index is 790. The number of piperazine rings is 1.